The number of carbonyl (C=O) groups is 5. The molecule has 0 aliphatic carbocycles. The van der Waals surface area contributed by atoms with Gasteiger partial charge in [-0.15, -0.1) is 0 Å². The number of hydrogen-bond acceptors (Lipinski definition) is 8. The SMILES string of the molecule is CCCC[C@@H](C(=O)N[C@@H](CCCCN)C(=O)N[C@@H](CCCN=C(N)N)C(=O)N[C@H](C=O)CCCN=C(N)N)N(C)C(=O)c1ccccc1. The van der Waals surface area contributed by atoms with Crippen molar-refractivity contribution in [2.24, 2.45) is 38.7 Å². The van der Waals surface area contributed by atoms with Crippen molar-refractivity contribution in [3.8, 4) is 0 Å². The van der Waals surface area contributed by atoms with Crippen molar-refractivity contribution >= 4 is 41.8 Å². The van der Waals surface area contributed by atoms with Gasteiger partial charge in [-0.2, -0.15) is 0 Å². The van der Waals surface area contributed by atoms with Crippen LogP contribution < -0.4 is 44.6 Å². The maximum absolute atomic E-state index is 13.7. The molecule has 0 aliphatic heterocycles. The fraction of sp³-hybridized carbons (Fsp3) is 0.594. The van der Waals surface area contributed by atoms with E-state index in [0.717, 1.165) is 6.42 Å². The third-order valence-corrected chi connectivity index (χ3v) is 7.56. The van der Waals surface area contributed by atoms with Crippen LogP contribution in [0.15, 0.2) is 40.3 Å². The summed E-state index contributed by atoms with van der Waals surface area (Å²) in [6, 6.07) is 4.85. The number of aliphatic imine (C=N–C) groups is 2. The second-order valence-electron chi connectivity index (χ2n) is 11.5. The first-order valence-electron chi connectivity index (χ1n) is 16.4. The predicted molar refractivity (Wildman–Crippen MR) is 186 cm³/mol. The predicted octanol–water partition coefficient (Wildman–Crippen LogP) is -0.793. The standard InChI is InChI=1S/C32H55N11O5/c1-3-4-17-26(43(2)30(48)22-12-6-5-7-13-22)29(47)42-24(15-8-9-18-33)28(46)41-25(16-11-20-39-32(36)37)27(45)40-23(21-44)14-10-19-38-31(34)35/h5-7,12-13,21,23-26H,3-4,8-11,14-20,33H2,1-2H3,(H,40,45)(H,41,46)(H,42,47)(H4,34,35,38)(H4,36,37,39)/t23-,24-,25-,26-/m0/s1. The summed E-state index contributed by atoms with van der Waals surface area (Å²) in [7, 11) is 1.57. The summed E-state index contributed by atoms with van der Waals surface area (Å²) in [6.07, 6.45) is 5.02. The highest BCUT2D eigenvalue weighted by Crippen LogP contribution is 2.14. The summed E-state index contributed by atoms with van der Waals surface area (Å²) in [5.74, 6) is -2.19. The highest BCUT2D eigenvalue weighted by molar-refractivity contribution is 5.98. The van der Waals surface area contributed by atoms with Crippen LogP contribution in [0.3, 0.4) is 0 Å². The molecule has 0 heterocycles. The van der Waals surface area contributed by atoms with E-state index in [1.54, 1.807) is 37.4 Å². The van der Waals surface area contributed by atoms with Crippen LogP contribution in [0.1, 0.15) is 81.5 Å². The zero-order valence-electron chi connectivity index (χ0n) is 28.2. The molecule has 4 amide bonds. The Bertz CT molecular complexity index is 1200. The molecule has 0 unspecified atom stereocenters. The monoisotopic (exact) mass is 673 g/mol. The molecule has 1 aromatic carbocycles. The highest BCUT2D eigenvalue weighted by Gasteiger charge is 2.32. The second-order valence-corrected chi connectivity index (χ2v) is 11.5. The van der Waals surface area contributed by atoms with Crippen LogP contribution in [-0.2, 0) is 19.2 Å². The minimum absolute atomic E-state index is 0.0792. The van der Waals surface area contributed by atoms with Crippen molar-refractivity contribution in [2.45, 2.75) is 95.3 Å². The molecule has 268 valence electrons. The van der Waals surface area contributed by atoms with Crippen LogP contribution in [-0.4, -0.2) is 97.6 Å². The molecule has 0 fully saturated rings. The average molecular weight is 674 g/mol. The maximum atomic E-state index is 13.7. The van der Waals surface area contributed by atoms with Gasteiger partial charge in [0.15, 0.2) is 11.9 Å². The van der Waals surface area contributed by atoms with Crippen LogP contribution in [0.25, 0.3) is 0 Å². The lowest BCUT2D eigenvalue weighted by molar-refractivity contribution is -0.134. The quantitative estimate of drug-likeness (QED) is 0.0293. The molecular formula is C32H55N11O5. The molecule has 16 heteroatoms. The number of benzene rings is 1. The normalized spacial score (nSPS) is 13.1. The first-order valence-corrected chi connectivity index (χ1v) is 16.4. The number of unbranched alkanes of at least 4 members (excludes halogenated alkanes) is 2. The number of carbonyl (C=O) groups excluding carboxylic acids is 5. The van der Waals surface area contributed by atoms with Gasteiger partial charge in [-0.05, 0) is 70.0 Å². The van der Waals surface area contributed by atoms with Crippen molar-refractivity contribution in [1.82, 2.24) is 20.9 Å². The summed E-state index contributed by atoms with van der Waals surface area (Å²) in [4.78, 5) is 75.0. The van der Waals surface area contributed by atoms with E-state index in [1.165, 1.54) is 4.90 Å². The summed E-state index contributed by atoms with van der Waals surface area (Å²) in [6.45, 7) is 2.85. The van der Waals surface area contributed by atoms with E-state index >= 15 is 0 Å². The van der Waals surface area contributed by atoms with E-state index in [4.69, 9.17) is 28.7 Å². The van der Waals surface area contributed by atoms with Gasteiger partial charge in [-0.3, -0.25) is 29.2 Å². The molecule has 0 aliphatic rings. The Morgan fingerprint density at radius 3 is 1.83 bits per heavy atom. The van der Waals surface area contributed by atoms with Gasteiger partial charge in [0.1, 0.15) is 24.4 Å². The fourth-order valence-electron chi connectivity index (χ4n) is 4.88. The number of aldehydes is 1. The molecule has 0 spiro atoms. The Balaban J connectivity index is 3.19. The number of amides is 4. The first kappa shape index (κ1) is 41.3. The molecule has 0 saturated carbocycles. The van der Waals surface area contributed by atoms with Gasteiger partial charge in [0.2, 0.25) is 17.7 Å². The molecule has 13 N–H and O–H groups in total. The summed E-state index contributed by atoms with van der Waals surface area (Å²) in [5.41, 5.74) is 27.7. The minimum Gasteiger partial charge on any atom is -0.370 e. The van der Waals surface area contributed by atoms with Gasteiger partial charge in [0.25, 0.3) is 5.91 Å². The van der Waals surface area contributed by atoms with Crippen molar-refractivity contribution in [3.63, 3.8) is 0 Å². The molecule has 0 saturated heterocycles. The molecule has 1 rings (SSSR count). The molecule has 0 bridgehead atoms. The number of rotatable bonds is 24. The number of guanidine groups is 2. The first-order chi connectivity index (χ1) is 22.9. The summed E-state index contributed by atoms with van der Waals surface area (Å²) >= 11 is 0. The van der Waals surface area contributed by atoms with Crippen LogP contribution in [0, 0.1) is 0 Å². The molecular weight excluding hydrogens is 618 g/mol. The molecule has 48 heavy (non-hydrogen) atoms. The third-order valence-electron chi connectivity index (χ3n) is 7.56. The van der Waals surface area contributed by atoms with Gasteiger partial charge >= 0.3 is 0 Å². The van der Waals surface area contributed by atoms with Crippen molar-refractivity contribution in [3.05, 3.63) is 35.9 Å². The summed E-state index contributed by atoms with van der Waals surface area (Å²) < 4.78 is 0. The van der Waals surface area contributed by atoms with Crippen molar-refractivity contribution in [1.29, 1.82) is 0 Å². The van der Waals surface area contributed by atoms with E-state index in [9.17, 15) is 24.0 Å². The topological polar surface area (TPSA) is 280 Å². The number of likely N-dealkylation sites (N-methyl/N-ethyl adjacent to an activating group) is 1. The lowest BCUT2D eigenvalue weighted by atomic mass is 10.0. The molecule has 0 radical (unpaired) electrons. The zero-order chi connectivity index (χ0) is 35.9. The van der Waals surface area contributed by atoms with Crippen LogP contribution in [0.5, 0.6) is 0 Å². The number of nitrogens with one attached hydrogen (secondary N) is 3. The Labute approximate surface area is 283 Å². The Morgan fingerprint density at radius 2 is 1.29 bits per heavy atom. The van der Waals surface area contributed by atoms with E-state index in [-0.39, 0.29) is 50.2 Å². The van der Waals surface area contributed by atoms with Crippen molar-refractivity contribution in [2.75, 3.05) is 26.7 Å². The molecule has 0 aromatic heterocycles. The average Bonchev–Trinajstić information content (AvgIpc) is 3.06. The van der Waals surface area contributed by atoms with Crippen LogP contribution in [0.4, 0.5) is 0 Å². The Kier molecular flexibility index (Phi) is 20.3. The van der Waals surface area contributed by atoms with Gasteiger partial charge in [0.05, 0.1) is 6.04 Å². The highest BCUT2D eigenvalue weighted by atomic mass is 16.2. The van der Waals surface area contributed by atoms with E-state index in [1.807, 2.05) is 6.92 Å². The smallest absolute Gasteiger partial charge is 0.254 e. The third kappa shape index (κ3) is 16.2. The van der Waals surface area contributed by atoms with Crippen LogP contribution in [0.2, 0.25) is 0 Å². The lowest BCUT2D eigenvalue weighted by Gasteiger charge is -2.30. The zero-order valence-corrected chi connectivity index (χ0v) is 28.2. The second kappa shape index (κ2) is 23.6. The minimum atomic E-state index is -1.07. The van der Waals surface area contributed by atoms with Gasteiger partial charge in [-0.25, -0.2) is 0 Å². The Hall–Kier alpha value is -4.73. The van der Waals surface area contributed by atoms with Gasteiger partial charge in [-0.1, -0.05) is 38.0 Å². The number of hydrogen-bond donors (Lipinski definition) is 8. The Morgan fingerprint density at radius 1 is 0.750 bits per heavy atom. The van der Waals surface area contributed by atoms with Crippen LogP contribution >= 0.6 is 0 Å². The summed E-state index contributed by atoms with van der Waals surface area (Å²) in [5, 5.41) is 8.24. The lowest BCUT2D eigenvalue weighted by Crippen LogP contribution is -2.57. The maximum Gasteiger partial charge on any atom is 0.254 e. The van der Waals surface area contributed by atoms with E-state index < -0.39 is 41.9 Å². The number of nitrogens with two attached hydrogens (primary N) is 5. The van der Waals surface area contributed by atoms with E-state index in [0.29, 0.717) is 56.9 Å². The number of nitrogens with zero attached hydrogens (tertiary/aromatic N) is 3. The van der Waals surface area contributed by atoms with Gasteiger partial charge < -0.3 is 54.3 Å². The van der Waals surface area contributed by atoms with Gasteiger partial charge in [0, 0.05) is 25.7 Å². The largest absolute Gasteiger partial charge is 0.370 e. The fourth-order valence-corrected chi connectivity index (χ4v) is 4.88. The molecule has 16 nitrogen and oxygen atoms in total. The van der Waals surface area contributed by atoms with E-state index in [2.05, 4.69) is 25.9 Å². The molecule has 4 atom stereocenters. The molecule has 1 aromatic rings. The van der Waals surface area contributed by atoms with Crippen molar-refractivity contribution < 1.29 is 24.0 Å².